The molecule has 51 heavy (non-hydrogen) atoms. The quantitative estimate of drug-likeness (QED) is 0.184. The molecule has 2 nitrogen and oxygen atoms in total. The first-order chi connectivity index (χ1) is 25.1. The number of furan rings is 1. The molecule has 0 radical (unpaired) electrons. The average Bonchev–Trinajstić information content (AvgIpc) is 3.67. The van der Waals surface area contributed by atoms with Crippen LogP contribution in [0.3, 0.4) is 0 Å². The Kier molecular flexibility index (Phi) is 6.56. The Hall–Kier alpha value is -6.38. The molecule has 0 aliphatic heterocycles. The van der Waals surface area contributed by atoms with Crippen molar-refractivity contribution in [1.29, 1.82) is 0 Å². The highest BCUT2D eigenvalue weighted by molar-refractivity contribution is 6.22. The van der Waals surface area contributed by atoms with Crippen LogP contribution in [0.15, 0.2) is 180 Å². The number of anilines is 3. The first-order valence-corrected chi connectivity index (χ1v) is 17.7. The molecule has 0 saturated carbocycles. The zero-order valence-electron chi connectivity index (χ0n) is 28.6. The van der Waals surface area contributed by atoms with Gasteiger partial charge in [-0.15, -0.1) is 0 Å². The fourth-order valence-electron chi connectivity index (χ4n) is 8.41. The molecule has 0 unspecified atom stereocenters. The molecule has 0 saturated heterocycles. The highest BCUT2D eigenvalue weighted by atomic mass is 16.3. The predicted molar refractivity (Wildman–Crippen MR) is 214 cm³/mol. The second-order valence-electron chi connectivity index (χ2n) is 14.1. The fraction of sp³-hybridized carbons (Fsp3) is 0.0612. The molecule has 0 amide bonds. The van der Waals surface area contributed by atoms with Crippen LogP contribution in [0.2, 0.25) is 0 Å². The van der Waals surface area contributed by atoms with Crippen molar-refractivity contribution in [2.45, 2.75) is 19.3 Å². The van der Waals surface area contributed by atoms with Gasteiger partial charge >= 0.3 is 0 Å². The lowest BCUT2D eigenvalue weighted by atomic mass is 9.82. The van der Waals surface area contributed by atoms with Crippen molar-refractivity contribution >= 4 is 49.8 Å². The summed E-state index contributed by atoms with van der Waals surface area (Å²) in [6.45, 7) is 4.70. The zero-order valence-corrected chi connectivity index (χ0v) is 28.6. The summed E-state index contributed by atoms with van der Waals surface area (Å²) in [6, 6.07) is 63.6. The van der Waals surface area contributed by atoms with E-state index in [0.29, 0.717) is 0 Å². The number of benzene rings is 8. The Bertz CT molecular complexity index is 2770. The van der Waals surface area contributed by atoms with Crippen molar-refractivity contribution in [2.75, 3.05) is 4.90 Å². The molecule has 0 atom stereocenters. The molecule has 0 N–H and O–H groups in total. The third kappa shape index (κ3) is 4.57. The minimum atomic E-state index is -0.104. The maximum absolute atomic E-state index is 6.42. The molecular formula is C49H35NO. The van der Waals surface area contributed by atoms with E-state index in [1.54, 1.807) is 0 Å². The summed E-state index contributed by atoms with van der Waals surface area (Å²) in [5.74, 6) is 0. The van der Waals surface area contributed by atoms with Gasteiger partial charge in [-0.2, -0.15) is 0 Å². The Labute approximate surface area is 297 Å². The van der Waals surface area contributed by atoms with Crippen molar-refractivity contribution in [1.82, 2.24) is 0 Å². The Morgan fingerprint density at radius 3 is 1.84 bits per heavy atom. The third-order valence-electron chi connectivity index (χ3n) is 10.9. The zero-order chi connectivity index (χ0) is 34.1. The van der Waals surface area contributed by atoms with Crippen LogP contribution in [0.25, 0.3) is 66.1 Å². The van der Waals surface area contributed by atoms with Crippen LogP contribution in [-0.2, 0) is 5.41 Å². The predicted octanol–water partition coefficient (Wildman–Crippen LogP) is 13.8. The van der Waals surface area contributed by atoms with Crippen molar-refractivity contribution in [2.24, 2.45) is 0 Å². The van der Waals surface area contributed by atoms with Gasteiger partial charge in [-0.3, -0.25) is 0 Å². The third-order valence-corrected chi connectivity index (χ3v) is 10.9. The molecule has 242 valence electrons. The molecule has 10 rings (SSSR count). The van der Waals surface area contributed by atoms with Gasteiger partial charge < -0.3 is 9.32 Å². The van der Waals surface area contributed by atoms with Crippen LogP contribution in [-0.4, -0.2) is 0 Å². The van der Waals surface area contributed by atoms with E-state index in [0.717, 1.165) is 44.7 Å². The number of fused-ring (bicyclic) bond motifs is 8. The standard InChI is InChI=1S/C49H35NO/c1-49(2)43-21-11-8-18-38(43)39-29-28-35(30-44(39)49)50(45-22-12-9-16-36(45)32-14-4-3-5-15-32)34-26-24-33(25-27-34)42-31-47-48(40-19-7-6-17-37(40)42)41-20-10-13-23-46(41)51-47/h3-31H,1-2H3. The smallest absolute Gasteiger partial charge is 0.136 e. The first-order valence-electron chi connectivity index (χ1n) is 17.7. The van der Waals surface area contributed by atoms with E-state index >= 15 is 0 Å². The Balaban J connectivity index is 1.15. The normalized spacial score (nSPS) is 13.1. The van der Waals surface area contributed by atoms with Gasteiger partial charge in [0.25, 0.3) is 0 Å². The van der Waals surface area contributed by atoms with Crippen molar-refractivity contribution in [3.8, 4) is 33.4 Å². The second-order valence-corrected chi connectivity index (χ2v) is 14.1. The monoisotopic (exact) mass is 653 g/mol. The molecular weight excluding hydrogens is 619 g/mol. The second kappa shape index (κ2) is 11.3. The summed E-state index contributed by atoms with van der Waals surface area (Å²) in [5, 5.41) is 4.75. The van der Waals surface area contributed by atoms with E-state index in [4.69, 9.17) is 4.42 Å². The molecule has 2 heteroatoms. The molecule has 1 aliphatic carbocycles. The number of nitrogens with zero attached hydrogens (tertiary/aromatic N) is 1. The van der Waals surface area contributed by atoms with Gasteiger partial charge in [0.1, 0.15) is 11.2 Å². The van der Waals surface area contributed by atoms with Gasteiger partial charge in [0.15, 0.2) is 0 Å². The van der Waals surface area contributed by atoms with Crippen LogP contribution >= 0.6 is 0 Å². The molecule has 0 bridgehead atoms. The summed E-state index contributed by atoms with van der Waals surface area (Å²) in [5.41, 5.74) is 15.2. The summed E-state index contributed by atoms with van der Waals surface area (Å²) in [6.07, 6.45) is 0. The van der Waals surface area contributed by atoms with Gasteiger partial charge in [-0.05, 0) is 92.2 Å². The Morgan fingerprint density at radius 1 is 0.412 bits per heavy atom. The topological polar surface area (TPSA) is 16.4 Å². The average molecular weight is 654 g/mol. The highest BCUT2D eigenvalue weighted by Crippen LogP contribution is 2.51. The minimum absolute atomic E-state index is 0.104. The van der Waals surface area contributed by atoms with E-state index in [-0.39, 0.29) is 5.41 Å². The van der Waals surface area contributed by atoms with Crippen LogP contribution in [0.5, 0.6) is 0 Å². The van der Waals surface area contributed by atoms with Gasteiger partial charge in [0, 0.05) is 33.1 Å². The molecule has 8 aromatic carbocycles. The van der Waals surface area contributed by atoms with Crippen LogP contribution in [0, 0.1) is 0 Å². The minimum Gasteiger partial charge on any atom is -0.456 e. The van der Waals surface area contributed by atoms with Gasteiger partial charge in [0.05, 0.1) is 5.69 Å². The molecule has 0 fully saturated rings. The Morgan fingerprint density at radius 2 is 1.02 bits per heavy atom. The number of hydrogen-bond acceptors (Lipinski definition) is 2. The van der Waals surface area contributed by atoms with Crippen LogP contribution < -0.4 is 4.90 Å². The lowest BCUT2D eigenvalue weighted by Crippen LogP contribution is -2.16. The summed E-state index contributed by atoms with van der Waals surface area (Å²) >= 11 is 0. The molecule has 0 spiro atoms. The van der Waals surface area contributed by atoms with Gasteiger partial charge in [-0.1, -0.05) is 147 Å². The van der Waals surface area contributed by atoms with Gasteiger partial charge in [-0.25, -0.2) is 0 Å². The van der Waals surface area contributed by atoms with E-state index in [1.165, 1.54) is 49.5 Å². The van der Waals surface area contributed by atoms with Gasteiger partial charge in [0.2, 0.25) is 0 Å². The largest absolute Gasteiger partial charge is 0.456 e. The summed E-state index contributed by atoms with van der Waals surface area (Å²) in [4.78, 5) is 2.42. The highest BCUT2D eigenvalue weighted by Gasteiger charge is 2.35. The van der Waals surface area contributed by atoms with E-state index in [9.17, 15) is 0 Å². The summed E-state index contributed by atoms with van der Waals surface area (Å²) < 4.78 is 6.42. The first kappa shape index (κ1) is 29.5. The van der Waals surface area contributed by atoms with E-state index < -0.39 is 0 Å². The van der Waals surface area contributed by atoms with Crippen molar-refractivity contribution in [3.63, 3.8) is 0 Å². The number of hydrogen-bond donors (Lipinski definition) is 0. The maximum atomic E-state index is 6.42. The van der Waals surface area contributed by atoms with Crippen molar-refractivity contribution < 1.29 is 4.42 Å². The lowest BCUT2D eigenvalue weighted by molar-refractivity contribution is 0.660. The number of rotatable bonds is 5. The number of para-hydroxylation sites is 2. The van der Waals surface area contributed by atoms with Crippen LogP contribution in [0.4, 0.5) is 17.1 Å². The molecule has 9 aromatic rings. The summed E-state index contributed by atoms with van der Waals surface area (Å²) in [7, 11) is 0. The van der Waals surface area contributed by atoms with E-state index in [2.05, 4.69) is 189 Å². The molecule has 1 aliphatic rings. The fourth-order valence-corrected chi connectivity index (χ4v) is 8.41. The molecule has 1 heterocycles. The molecule has 1 aromatic heterocycles. The maximum Gasteiger partial charge on any atom is 0.136 e. The van der Waals surface area contributed by atoms with E-state index in [1.807, 2.05) is 6.07 Å². The van der Waals surface area contributed by atoms with Crippen LogP contribution in [0.1, 0.15) is 25.0 Å². The lowest BCUT2D eigenvalue weighted by Gasteiger charge is -2.30. The SMILES string of the molecule is CC1(C)c2ccccc2-c2ccc(N(c3ccc(-c4cc5oc6ccccc6c5c5ccccc45)cc3)c3ccccc3-c3ccccc3)cc21. The van der Waals surface area contributed by atoms with Crippen molar-refractivity contribution in [3.05, 3.63) is 187 Å².